The molecule has 4 rings (SSSR count). The monoisotopic (exact) mass is 305 g/mol. The first kappa shape index (κ1) is 13.3. The van der Waals surface area contributed by atoms with Gasteiger partial charge in [0.25, 0.3) is 0 Å². The molecule has 0 saturated carbocycles. The van der Waals surface area contributed by atoms with E-state index in [0.717, 1.165) is 43.3 Å². The Morgan fingerprint density at radius 1 is 1.48 bits per heavy atom. The molecule has 2 aliphatic rings. The lowest BCUT2D eigenvalue weighted by atomic mass is 9.79. The normalized spacial score (nSPS) is 26.3. The van der Waals surface area contributed by atoms with Crippen LogP contribution < -0.4 is 0 Å². The molecule has 0 radical (unpaired) electrons. The fourth-order valence-electron chi connectivity index (χ4n) is 3.43. The second kappa shape index (κ2) is 4.81. The van der Waals surface area contributed by atoms with E-state index >= 15 is 0 Å². The molecule has 2 aliphatic heterocycles. The van der Waals surface area contributed by atoms with Crippen LogP contribution in [0.5, 0.6) is 0 Å². The molecule has 1 amide bonds. The summed E-state index contributed by atoms with van der Waals surface area (Å²) in [7, 11) is 0. The first-order chi connectivity index (χ1) is 10.2. The Balaban J connectivity index is 1.55. The van der Waals surface area contributed by atoms with Crippen LogP contribution in [0.4, 0.5) is 0 Å². The highest BCUT2D eigenvalue weighted by atomic mass is 32.1. The Morgan fingerprint density at radius 2 is 2.38 bits per heavy atom. The fraction of sp³-hybridized carbons (Fsp3) is 0.600. The number of thiazole rings is 1. The van der Waals surface area contributed by atoms with Crippen molar-refractivity contribution in [1.29, 1.82) is 0 Å². The highest BCUT2D eigenvalue weighted by Crippen LogP contribution is 2.38. The van der Waals surface area contributed by atoms with Gasteiger partial charge in [-0.25, -0.2) is 4.98 Å². The molecule has 2 saturated heterocycles. The van der Waals surface area contributed by atoms with Crippen molar-refractivity contribution in [2.45, 2.75) is 32.7 Å². The number of aromatic nitrogens is 2. The average molecular weight is 305 g/mol. The summed E-state index contributed by atoms with van der Waals surface area (Å²) in [5, 5.41) is 2.10. The van der Waals surface area contributed by atoms with Gasteiger partial charge in [0.15, 0.2) is 4.96 Å². The zero-order chi connectivity index (χ0) is 14.4. The Kier molecular flexibility index (Phi) is 3.04. The van der Waals surface area contributed by atoms with Crippen molar-refractivity contribution in [3.8, 4) is 0 Å². The molecular formula is C15H19N3O2S. The first-order valence-corrected chi connectivity index (χ1v) is 8.31. The molecule has 112 valence electrons. The molecule has 4 heterocycles. The molecule has 0 aromatic carbocycles. The van der Waals surface area contributed by atoms with Gasteiger partial charge in [0.2, 0.25) is 5.91 Å². The molecule has 1 atom stereocenters. The number of amides is 1. The number of fused-ring (bicyclic) bond motifs is 1. The number of hydrogen-bond donors (Lipinski definition) is 0. The molecule has 21 heavy (non-hydrogen) atoms. The molecule has 0 aliphatic carbocycles. The van der Waals surface area contributed by atoms with Gasteiger partial charge < -0.3 is 9.64 Å². The largest absolute Gasteiger partial charge is 0.381 e. The van der Waals surface area contributed by atoms with Gasteiger partial charge >= 0.3 is 0 Å². The predicted molar refractivity (Wildman–Crippen MR) is 80.3 cm³/mol. The third-order valence-corrected chi connectivity index (χ3v) is 5.68. The molecule has 0 N–H and O–H groups in total. The number of ether oxygens (including phenoxy) is 1. The number of carbonyl (C=O) groups is 1. The summed E-state index contributed by atoms with van der Waals surface area (Å²) in [5.74, 6) is 0.251. The summed E-state index contributed by atoms with van der Waals surface area (Å²) >= 11 is 1.64. The standard InChI is InChI=1S/C15H19N3O2S/c1-11-8-21-14-16-12(7-18(11)14)6-17-9-15(3-2-13(17)19)4-5-20-10-15/h7-8H,2-6,9-10H2,1H3/t15-/m1/s1. The van der Waals surface area contributed by atoms with Gasteiger partial charge in [-0.3, -0.25) is 9.20 Å². The maximum Gasteiger partial charge on any atom is 0.222 e. The lowest BCUT2D eigenvalue weighted by Gasteiger charge is -2.38. The van der Waals surface area contributed by atoms with E-state index in [9.17, 15) is 4.79 Å². The van der Waals surface area contributed by atoms with Gasteiger partial charge in [-0.1, -0.05) is 0 Å². The Labute approximate surface area is 127 Å². The van der Waals surface area contributed by atoms with E-state index in [-0.39, 0.29) is 11.3 Å². The third-order valence-electron chi connectivity index (χ3n) is 4.72. The van der Waals surface area contributed by atoms with Crippen LogP contribution >= 0.6 is 11.3 Å². The van der Waals surface area contributed by atoms with Gasteiger partial charge in [-0.05, 0) is 19.8 Å². The summed E-state index contributed by atoms with van der Waals surface area (Å²) in [4.78, 5) is 19.8. The lowest BCUT2D eigenvalue weighted by Crippen LogP contribution is -2.46. The second-order valence-corrected chi connectivity index (χ2v) is 7.15. The second-order valence-electron chi connectivity index (χ2n) is 6.31. The molecule has 2 aromatic rings. The summed E-state index contributed by atoms with van der Waals surface area (Å²) < 4.78 is 7.67. The fourth-order valence-corrected chi connectivity index (χ4v) is 4.30. The average Bonchev–Trinajstić information content (AvgIpc) is 3.14. The van der Waals surface area contributed by atoms with Crippen LogP contribution in [0.15, 0.2) is 11.6 Å². The van der Waals surface area contributed by atoms with Gasteiger partial charge in [-0.2, -0.15) is 0 Å². The van der Waals surface area contributed by atoms with Crippen LogP contribution in [0.1, 0.15) is 30.7 Å². The molecule has 2 aromatic heterocycles. The summed E-state index contributed by atoms with van der Waals surface area (Å²) in [6.07, 6.45) is 4.75. The van der Waals surface area contributed by atoms with E-state index < -0.39 is 0 Å². The minimum Gasteiger partial charge on any atom is -0.381 e. The lowest BCUT2D eigenvalue weighted by molar-refractivity contribution is -0.138. The predicted octanol–water partition coefficient (Wildman–Crippen LogP) is 2.23. The Morgan fingerprint density at radius 3 is 3.14 bits per heavy atom. The van der Waals surface area contributed by atoms with Crippen molar-refractivity contribution in [1.82, 2.24) is 14.3 Å². The van der Waals surface area contributed by atoms with E-state index in [4.69, 9.17) is 4.74 Å². The number of hydrogen-bond acceptors (Lipinski definition) is 4. The SMILES string of the molecule is Cc1csc2nc(CN3C[C@]4(CCOC4)CCC3=O)cn12. The van der Waals surface area contributed by atoms with Gasteiger partial charge in [-0.15, -0.1) is 11.3 Å². The Bertz CT molecular complexity index is 684. The van der Waals surface area contributed by atoms with Crippen molar-refractivity contribution in [3.05, 3.63) is 23.0 Å². The summed E-state index contributed by atoms with van der Waals surface area (Å²) in [6.45, 7) is 5.14. The topological polar surface area (TPSA) is 46.8 Å². The first-order valence-electron chi connectivity index (χ1n) is 7.43. The van der Waals surface area contributed by atoms with E-state index in [0.29, 0.717) is 13.0 Å². The van der Waals surface area contributed by atoms with E-state index in [1.807, 2.05) is 4.90 Å². The highest BCUT2D eigenvalue weighted by molar-refractivity contribution is 7.15. The van der Waals surface area contributed by atoms with Gasteiger partial charge in [0.05, 0.1) is 18.8 Å². The Hall–Kier alpha value is -1.40. The molecular weight excluding hydrogens is 286 g/mol. The summed E-state index contributed by atoms with van der Waals surface area (Å²) in [5.41, 5.74) is 2.37. The van der Waals surface area contributed by atoms with E-state index in [1.165, 1.54) is 5.69 Å². The van der Waals surface area contributed by atoms with Crippen molar-refractivity contribution in [2.24, 2.45) is 5.41 Å². The number of rotatable bonds is 2. The van der Waals surface area contributed by atoms with Gasteiger partial charge in [0, 0.05) is 42.3 Å². The van der Waals surface area contributed by atoms with Crippen LogP contribution in [-0.2, 0) is 16.1 Å². The quantitative estimate of drug-likeness (QED) is 0.855. The van der Waals surface area contributed by atoms with Gasteiger partial charge in [0.1, 0.15) is 0 Å². The van der Waals surface area contributed by atoms with Crippen molar-refractivity contribution >= 4 is 22.2 Å². The maximum atomic E-state index is 12.2. The minimum absolute atomic E-state index is 0.195. The highest BCUT2D eigenvalue weighted by Gasteiger charge is 2.41. The molecule has 0 unspecified atom stereocenters. The zero-order valence-electron chi connectivity index (χ0n) is 12.2. The molecule has 5 nitrogen and oxygen atoms in total. The van der Waals surface area contributed by atoms with Crippen LogP contribution in [0.2, 0.25) is 0 Å². The van der Waals surface area contributed by atoms with Crippen LogP contribution in [0.3, 0.4) is 0 Å². The van der Waals surface area contributed by atoms with E-state index in [2.05, 4.69) is 27.9 Å². The minimum atomic E-state index is 0.195. The smallest absolute Gasteiger partial charge is 0.222 e. The molecule has 2 fully saturated rings. The number of carbonyl (C=O) groups excluding carboxylic acids is 1. The van der Waals surface area contributed by atoms with Crippen molar-refractivity contribution in [3.63, 3.8) is 0 Å². The van der Waals surface area contributed by atoms with Crippen molar-refractivity contribution < 1.29 is 9.53 Å². The van der Waals surface area contributed by atoms with Crippen molar-refractivity contribution in [2.75, 3.05) is 19.8 Å². The zero-order valence-corrected chi connectivity index (χ0v) is 13.0. The maximum absolute atomic E-state index is 12.2. The van der Waals surface area contributed by atoms with Crippen LogP contribution in [-0.4, -0.2) is 40.0 Å². The van der Waals surface area contributed by atoms with Crippen LogP contribution in [0, 0.1) is 12.3 Å². The molecule has 1 spiro atoms. The van der Waals surface area contributed by atoms with E-state index in [1.54, 1.807) is 11.3 Å². The summed E-state index contributed by atoms with van der Waals surface area (Å²) in [6, 6.07) is 0. The van der Waals surface area contributed by atoms with Crippen LogP contribution in [0.25, 0.3) is 4.96 Å². The molecule has 6 heteroatoms. The number of piperidine rings is 1. The number of nitrogens with zero attached hydrogens (tertiary/aromatic N) is 3. The number of aryl methyl sites for hydroxylation is 1. The third kappa shape index (κ3) is 2.26. The molecule has 0 bridgehead atoms. The number of likely N-dealkylation sites (tertiary alicyclic amines) is 1. The number of imidazole rings is 1.